The van der Waals surface area contributed by atoms with Crippen LogP contribution in [0.4, 0.5) is 0 Å². The van der Waals surface area contributed by atoms with Crippen LogP contribution in [0.3, 0.4) is 0 Å². The van der Waals surface area contributed by atoms with Crippen LogP contribution in [0.2, 0.25) is 0 Å². The van der Waals surface area contributed by atoms with Crippen LogP contribution in [0.5, 0.6) is 0 Å². The number of ether oxygens (including phenoxy) is 3. The average molecular weight is 271 g/mol. The van der Waals surface area contributed by atoms with Gasteiger partial charge in [-0.05, 0) is 6.42 Å². The van der Waals surface area contributed by atoms with Crippen LogP contribution in [0.1, 0.15) is 26.7 Å². The van der Waals surface area contributed by atoms with Gasteiger partial charge in [-0.2, -0.15) is 0 Å². The zero-order chi connectivity index (χ0) is 13.8. The van der Waals surface area contributed by atoms with E-state index in [9.17, 15) is 9.59 Å². The molecule has 6 nitrogen and oxygen atoms in total. The summed E-state index contributed by atoms with van der Waals surface area (Å²) in [4.78, 5) is 23.0. The summed E-state index contributed by atoms with van der Waals surface area (Å²) < 4.78 is 16.3. The minimum Gasteiger partial charge on any atom is -0.457 e. The lowest BCUT2D eigenvalue weighted by Crippen LogP contribution is -2.34. The molecule has 3 unspecified atom stereocenters. The van der Waals surface area contributed by atoms with Gasteiger partial charge in [0.1, 0.15) is 6.10 Å². The van der Waals surface area contributed by atoms with Gasteiger partial charge in [-0.1, -0.05) is 13.8 Å². The quantitative estimate of drug-likeness (QED) is 0.725. The molecule has 0 radical (unpaired) electrons. The molecule has 0 aromatic rings. The van der Waals surface area contributed by atoms with Crippen LogP contribution in [0.15, 0.2) is 0 Å². The fraction of sp³-hybridized carbons (Fsp3) is 0.846. The first-order valence-corrected chi connectivity index (χ1v) is 6.78. The highest BCUT2D eigenvalue weighted by atomic mass is 16.6. The van der Waals surface area contributed by atoms with E-state index in [1.807, 2.05) is 0 Å². The number of nitrogens with one attached hydrogen (secondary N) is 1. The van der Waals surface area contributed by atoms with E-state index in [0.29, 0.717) is 19.8 Å². The van der Waals surface area contributed by atoms with Gasteiger partial charge in [-0.3, -0.25) is 9.59 Å². The van der Waals surface area contributed by atoms with Crippen LogP contribution < -0.4 is 5.32 Å². The first kappa shape index (κ1) is 14.3. The first-order chi connectivity index (χ1) is 9.08. The Balaban J connectivity index is 1.66. The molecule has 1 amide bonds. The fourth-order valence-corrected chi connectivity index (χ4v) is 2.25. The van der Waals surface area contributed by atoms with Crippen molar-refractivity contribution >= 4 is 11.9 Å². The molecule has 2 fully saturated rings. The van der Waals surface area contributed by atoms with Crippen molar-refractivity contribution in [2.75, 3.05) is 19.8 Å². The molecule has 2 rings (SSSR count). The summed E-state index contributed by atoms with van der Waals surface area (Å²) >= 11 is 0. The lowest BCUT2D eigenvalue weighted by molar-refractivity contribution is -0.153. The van der Waals surface area contributed by atoms with Gasteiger partial charge < -0.3 is 19.5 Å². The molecule has 0 bridgehead atoms. The molecule has 0 aliphatic carbocycles. The summed E-state index contributed by atoms with van der Waals surface area (Å²) in [5.74, 6) is -0.461. The third kappa shape index (κ3) is 3.67. The maximum Gasteiger partial charge on any atom is 0.308 e. The van der Waals surface area contributed by atoms with Gasteiger partial charge in [0.2, 0.25) is 5.91 Å². The Labute approximate surface area is 112 Å². The van der Waals surface area contributed by atoms with Crippen LogP contribution in [0.25, 0.3) is 0 Å². The highest BCUT2D eigenvalue weighted by Crippen LogP contribution is 2.28. The average Bonchev–Trinajstić information content (AvgIpc) is 2.94. The standard InChI is InChI=1S/C13H21NO5/c1-8(2)13(16)14-5-3-11(15)19-10-7-18-9-4-6-17-12(9)10/h8-10,12H,3-7H2,1-2H3,(H,14,16). The number of hydrogen-bond acceptors (Lipinski definition) is 5. The van der Waals surface area contributed by atoms with Crippen molar-refractivity contribution in [2.45, 2.75) is 45.0 Å². The molecular weight excluding hydrogens is 250 g/mol. The Morgan fingerprint density at radius 2 is 2.16 bits per heavy atom. The van der Waals surface area contributed by atoms with Gasteiger partial charge >= 0.3 is 5.97 Å². The van der Waals surface area contributed by atoms with Crippen molar-refractivity contribution < 1.29 is 23.8 Å². The summed E-state index contributed by atoms with van der Waals surface area (Å²) in [5, 5.41) is 2.68. The molecule has 0 saturated carbocycles. The Bertz CT molecular complexity index is 344. The van der Waals surface area contributed by atoms with E-state index in [4.69, 9.17) is 14.2 Å². The van der Waals surface area contributed by atoms with E-state index >= 15 is 0 Å². The smallest absolute Gasteiger partial charge is 0.308 e. The van der Waals surface area contributed by atoms with E-state index in [-0.39, 0.29) is 42.5 Å². The molecule has 0 aromatic heterocycles. The van der Waals surface area contributed by atoms with Crippen LogP contribution >= 0.6 is 0 Å². The molecule has 2 heterocycles. The minimum atomic E-state index is -0.325. The predicted molar refractivity (Wildman–Crippen MR) is 66.4 cm³/mol. The largest absolute Gasteiger partial charge is 0.457 e. The highest BCUT2D eigenvalue weighted by molar-refractivity contribution is 5.78. The summed E-state index contributed by atoms with van der Waals surface area (Å²) in [6.45, 7) is 4.98. The van der Waals surface area contributed by atoms with Crippen molar-refractivity contribution in [2.24, 2.45) is 5.92 Å². The molecule has 2 aliphatic rings. The third-order valence-electron chi connectivity index (χ3n) is 3.36. The van der Waals surface area contributed by atoms with Crippen molar-refractivity contribution in [3.63, 3.8) is 0 Å². The van der Waals surface area contributed by atoms with Crippen molar-refractivity contribution in [1.29, 1.82) is 0 Å². The van der Waals surface area contributed by atoms with Crippen LogP contribution in [0, 0.1) is 5.92 Å². The topological polar surface area (TPSA) is 73.9 Å². The molecule has 1 N–H and O–H groups in total. The van der Waals surface area contributed by atoms with Gasteiger partial charge in [0.05, 0.1) is 19.1 Å². The van der Waals surface area contributed by atoms with Crippen LogP contribution in [-0.4, -0.2) is 49.9 Å². The number of carbonyl (C=O) groups excluding carboxylic acids is 2. The van der Waals surface area contributed by atoms with Crippen molar-refractivity contribution in [1.82, 2.24) is 5.32 Å². The Hall–Kier alpha value is -1.14. The second kappa shape index (κ2) is 6.34. The lowest BCUT2D eigenvalue weighted by Gasteiger charge is -2.16. The highest BCUT2D eigenvalue weighted by Gasteiger charge is 2.43. The minimum absolute atomic E-state index is 0.0591. The second-order valence-electron chi connectivity index (χ2n) is 5.22. The zero-order valence-electron chi connectivity index (χ0n) is 11.4. The molecule has 2 aliphatic heterocycles. The third-order valence-corrected chi connectivity index (χ3v) is 3.36. The van der Waals surface area contributed by atoms with Gasteiger partial charge in [-0.25, -0.2) is 0 Å². The number of carbonyl (C=O) groups is 2. The van der Waals surface area contributed by atoms with Gasteiger partial charge in [-0.15, -0.1) is 0 Å². The summed E-state index contributed by atoms with van der Waals surface area (Å²) in [6, 6.07) is 0. The zero-order valence-corrected chi connectivity index (χ0v) is 11.4. The Morgan fingerprint density at radius 1 is 1.37 bits per heavy atom. The molecular formula is C13H21NO5. The predicted octanol–water partition coefficient (Wildman–Crippen LogP) is 0.248. The molecule has 0 spiro atoms. The fourth-order valence-electron chi connectivity index (χ4n) is 2.25. The SMILES string of the molecule is CC(C)C(=O)NCCC(=O)OC1COC2CCOC21. The maximum atomic E-state index is 11.7. The molecule has 2 saturated heterocycles. The number of rotatable bonds is 5. The summed E-state index contributed by atoms with van der Waals surface area (Å²) in [6.07, 6.45) is 0.684. The summed E-state index contributed by atoms with van der Waals surface area (Å²) in [7, 11) is 0. The maximum absolute atomic E-state index is 11.7. The Morgan fingerprint density at radius 3 is 2.89 bits per heavy atom. The number of fused-ring (bicyclic) bond motifs is 1. The molecule has 108 valence electrons. The second-order valence-corrected chi connectivity index (χ2v) is 5.22. The van der Waals surface area contributed by atoms with E-state index in [0.717, 1.165) is 6.42 Å². The lowest BCUT2D eigenvalue weighted by atomic mass is 10.1. The van der Waals surface area contributed by atoms with Gasteiger partial charge in [0, 0.05) is 19.1 Å². The van der Waals surface area contributed by atoms with Gasteiger partial charge in [0.25, 0.3) is 0 Å². The number of hydrogen-bond donors (Lipinski definition) is 1. The summed E-state index contributed by atoms with van der Waals surface area (Å²) in [5.41, 5.74) is 0. The molecule has 19 heavy (non-hydrogen) atoms. The van der Waals surface area contributed by atoms with Crippen molar-refractivity contribution in [3.8, 4) is 0 Å². The van der Waals surface area contributed by atoms with Crippen LogP contribution in [-0.2, 0) is 23.8 Å². The van der Waals surface area contributed by atoms with Crippen molar-refractivity contribution in [3.05, 3.63) is 0 Å². The molecule has 0 aromatic carbocycles. The molecule has 3 atom stereocenters. The Kier molecular flexibility index (Phi) is 4.76. The monoisotopic (exact) mass is 271 g/mol. The van der Waals surface area contributed by atoms with E-state index in [1.54, 1.807) is 13.8 Å². The number of esters is 1. The first-order valence-electron chi connectivity index (χ1n) is 6.78. The molecule has 6 heteroatoms. The normalized spacial score (nSPS) is 29.3. The van der Waals surface area contributed by atoms with E-state index < -0.39 is 0 Å². The van der Waals surface area contributed by atoms with E-state index in [1.165, 1.54) is 0 Å². The van der Waals surface area contributed by atoms with E-state index in [2.05, 4.69) is 5.32 Å². The number of amides is 1. The van der Waals surface area contributed by atoms with Gasteiger partial charge in [0.15, 0.2) is 6.10 Å².